The molecule has 1 aliphatic carbocycles. The van der Waals surface area contributed by atoms with Crippen LogP contribution in [-0.2, 0) is 20.5 Å². The van der Waals surface area contributed by atoms with Crippen molar-refractivity contribution < 1.29 is 32.3 Å². The maximum Gasteiger partial charge on any atom is 0.416 e. The van der Waals surface area contributed by atoms with Gasteiger partial charge in [0.05, 0.1) is 17.7 Å². The molecule has 1 aromatic rings. The molecular formula is C16H18F3N3O4. The summed E-state index contributed by atoms with van der Waals surface area (Å²) in [6.45, 7) is -0.845. The zero-order chi connectivity index (χ0) is 19.5. The Bertz CT molecular complexity index is 717. The number of benzene rings is 1. The van der Waals surface area contributed by atoms with E-state index >= 15 is 0 Å². The highest BCUT2D eigenvalue weighted by atomic mass is 19.4. The van der Waals surface area contributed by atoms with Crippen molar-refractivity contribution in [2.75, 3.05) is 25.9 Å². The van der Waals surface area contributed by atoms with Crippen LogP contribution in [0.15, 0.2) is 18.2 Å². The van der Waals surface area contributed by atoms with Gasteiger partial charge in [0.15, 0.2) is 6.61 Å². The van der Waals surface area contributed by atoms with Crippen LogP contribution in [0.2, 0.25) is 0 Å². The van der Waals surface area contributed by atoms with Crippen molar-refractivity contribution >= 4 is 23.5 Å². The third-order valence-corrected chi connectivity index (χ3v) is 3.67. The predicted molar refractivity (Wildman–Crippen MR) is 84.9 cm³/mol. The molecule has 0 saturated heterocycles. The fourth-order valence-corrected chi connectivity index (χ4v) is 2.04. The highest BCUT2D eigenvalue weighted by molar-refractivity contribution is 5.96. The van der Waals surface area contributed by atoms with Crippen molar-refractivity contribution in [3.63, 3.8) is 0 Å². The van der Waals surface area contributed by atoms with Crippen LogP contribution in [0.3, 0.4) is 0 Å². The Balaban J connectivity index is 1.87. The quantitative estimate of drug-likeness (QED) is 0.576. The van der Waals surface area contributed by atoms with E-state index in [-0.39, 0.29) is 24.1 Å². The number of nitrogens with one attached hydrogen (secondary N) is 1. The number of hydrogen-bond donors (Lipinski definition) is 2. The van der Waals surface area contributed by atoms with Crippen LogP contribution in [0.4, 0.5) is 18.9 Å². The smallest absolute Gasteiger partial charge is 0.416 e. The Hall–Kier alpha value is -2.78. The number of nitrogens with zero attached hydrogens (tertiary/aromatic N) is 1. The summed E-state index contributed by atoms with van der Waals surface area (Å²) in [4.78, 5) is 36.5. The van der Waals surface area contributed by atoms with Crippen molar-refractivity contribution in [3.8, 4) is 0 Å². The highest BCUT2D eigenvalue weighted by Crippen LogP contribution is 2.31. The van der Waals surface area contributed by atoms with E-state index in [1.54, 1.807) is 0 Å². The van der Waals surface area contributed by atoms with E-state index in [9.17, 15) is 27.6 Å². The van der Waals surface area contributed by atoms with E-state index in [1.807, 2.05) is 0 Å². The number of carbonyl (C=O) groups excluding carboxylic acids is 3. The molecule has 3 N–H and O–H groups in total. The first-order valence-corrected chi connectivity index (χ1v) is 7.75. The first-order chi connectivity index (χ1) is 12.1. The summed E-state index contributed by atoms with van der Waals surface area (Å²) >= 11 is 0. The van der Waals surface area contributed by atoms with E-state index in [1.165, 1.54) is 7.05 Å². The zero-order valence-corrected chi connectivity index (χ0v) is 13.9. The molecule has 0 aromatic heterocycles. The van der Waals surface area contributed by atoms with Crippen molar-refractivity contribution in [1.29, 1.82) is 0 Å². The molecule has 1 aromatic carbocycles. The lowest BCUT2D eigenvalue weighted by Gasteiger charge is -2.17. The molecule has 0 spiro atoms. The summed E-state index contributed by atoms with van der Waals surface area (Å²) in [5, 5.41) is 2.71. The van der Waals surface area contributed by atoms with Crippen LogP contribution in [0.5, 0.6) is 0 Å². The van der Waals surface area contributed by atoms with Gasteiger partial charge in [-0.2, -0.15) is 13.2 Å². The SMILES string of the molecule is CN(CC(=O)NC1CC1)C(=O)COC(=O)c1ccc(C(F)(F)F)cc1N. The number of rotatable bonds is 6. The van der Waals surface area contributed by atoms with Crippen LogP contribution in [-0.4, -0.2) is 48.9 Å². The Morgan fingerprint density at radius 1 is 1.31 bits per heavy atom. The van der Waals surface area contributed by atoms with E-state index in [4.69, 9.17) is 10.5 Å². The number of halogens is 3. The first kappa shape index (κ1) is 19.5. The number of hydrogen-bond acceptors (Lipinski definition) is 5. The molecule has 0 aliphatic heterocycles. The molecule has 2 rings (SSSR count). The molecule has 1 aliphatic rings. The zero-order valence-electron chi connectivity index (χ0n) is 13.9. The molecule has 0 radical (unpaired) electrons. The first-order valence-electron chi connectivity index (χ1n) is 7.75. The van der Waals surface area contributed by atoms with Crippen molar-refractivity contribution in [2.24, 2.45) is 0 Å². The van der Waals surface area contributed by atoms with Gasteiger partial charge in [-0.05, 0) is 31.0 Å². The van der Waals surface area contributed by atoms with Gasteiger partial charge >= 0.3 is 12.1 Å². The van der Waals surface area contributed by atoms with Gasteiger partial charge in [-0.15, -0.1) is 0 Å². The second-order valence-electron chi connectivity index (χ2n) is 5.97. The second kappa shape index (κ2) is 7.63. The van der Waals surface area contributed by atoms with Crippen molar-refractivity contribution in [1.82, 2.24) is 10.2 Å². The average Bonchev–Trinajstić information content (AvgIpc) is 3.34. The van der Waals surface area contributed by atoms with Gasteiger partial charge < -0.3 is 20.7 Å². The third-order valence-electron chi connectivity index (χ3n) is 3.67. The highest BCUT2D eigenvalue weighted by Gasteiger charge is 2.31. The lowest BCUT2D eigenvalue weighted by Crippen LogP contribution is -2.40. The van der Waals surface area contributed by atoms with E-state index in [0.29, 0.717) is 12.1 Å². The fourth-order valence-electron chi connectivity index (χ4n) is 2.04. The number of ether oxygens (including phenoxy) is 1. The normalized spacial score (nSPS) is 13.8. The summed E-state index contributed by atoms with van der Waals surface area (Å²) in [6, 6.07) is 2.36. The third kappa shape index (κ3) is 5.36. The maximum atomic E-state index is 12.6. The second-order valence-corrected chi connectivity index (χ2v) is 5.97. The Kier molecular flexibility index (Phi) is 5.73. The number of amides is 2. The lowest BCUT2D eigenvalue weighted by molar-refractivity contribution is -0.137. The van der Waals surface area contributed by atoms with E-state index in [2.05, 4.69) is 5.32 Å². The monoisotopic (exact) mass is 373 g/mol. The predicted octanol–water partition coefficient (Wildman–Crippen LogP) is 1.18. The van der Waals surface area contributed by atoms with Gasteiger partial charge in [0.25, 0.3) is 5.91 Å². The van der Waals surface area contributed by atoms with Crippen molar-refractivity contribution in [3.05, 3.63) is 29.3 Å². The summed E-state index contributed by atoms with van der Waals surface area (Å²) < 4.78 is 42.5. The molecule has 10 heteroatoms. The van der Waals surface area contributed by atoms with Crippen LogP contribution in [0.1, 0.15) is 28.8 Å². The largest absolute Gasteiger partial charge is 0.452 e. The topological polar surface area (TPSA) is 102 Å². The van der Waals surface area contributed by atoms with Crippen LogP contribution >= 0.6 is 0 Å². The molecular weight excluding hydrogens is 355 g/mol. The minimum absolute atomic E-state index is 0.159. The summed E-state index contributed by atoms with van der Waals surface area (Å²) in [5.74, 6) is -1.98. The van der Waals surface area contributed by atoms with Gasteiger partial charge in [-0.3, -0.25) is 9.59 Å². The molecule has 142 valence electrons. The summed E-state index contributed by atoms with van der Waals surface area (Å²) in [6.07, 6.45) is -2.76. The summed E-state index contributed by atoms with van der Waals surface area (Å²) in [5.41, 5.74) is 3.77. The number of nitrogens with two attached hydrogens (primary N) is 1. The van der Waals surface area contributed by atoms with Crippen LogP contribution in [0, 0.1) is 0 Å². The number of carbonyl (C=O) groups is 3. The molecule has 1 fully saturated rings. The maximum absolute atomic E-state index is 12.6. The lowest BCUT2D eigenvalue weighted by atomic mass is 10.1. The van der Waals surface area contributed by atoms with E-state index in [0.717, 1.165) is 23.8 Å². The van der Waals surface area contributed by atoms with Crippen molar-refractivity contribution in [2.45, 2.75) is 25.1 Å². The molecule has 0 atom stereocenters. The minimum atomic E-state index is -4.59. The molecule has 0 heterocycles. The fraction of sp³-hybridized carbons (Fsp3) is 0.438. The molecule has 7 nitrogen and oxygen atoms in total. The van der Waals surface area contributed by atoms with Gasteiger partial charge in [-0.1, -0.05) is 0 Å². The van der Waals surface area contributed by atoms with Gasteiger partial charge in [0.2, 0.25) is 5.91 Å². The summed E-state index contributed by atoms with van der Waals surface area (Å²) in [7, 11) is 1.37. The number of anilines is 1. The van der Waals surface area contributed by atoms with Crippen LogP contribution < -0.4 is 11.1 Å². The Morgan fingerprint density at radius 3 is 2.50 bits per heavy atom. The number of esters is 1. The van der Waals surface area contributed by atoms with Crippen LogP contribution in [0.25, 0.3) is 0 Å². The average molecular weight is 373 g/mol. The molecule has 1 saturated carbocycles. The van der Waals surface area contributed by atoms with E-state index < -0.39 is 35.9 Å². The number of alkyl halides is 3. The Labute approximate surface area is 147 Å². The standard InChI is InChI=1S/C16H18F3N3O4/c1-22(7-13(23)21-10-3-4-10)14(24)8-26-15(25)11-5-2-9(6-12(11)20)16(17,18)19/h2,5-6,10H,3-4,7-8,20H2,1H3,(H,21,23). The molecule has 2 amide bonds. The molecule has 26 heavy (non-hydrogen) atoms. The van der Waals surface area contributed by atoms with Gasteiger partial charge in [0, 0.05) is 18.8 Å². The minimum Gasteiger partial charge on any atom is -0.452 e. The Morgan fingerprint density at radius 2 is 1.96 bits per heavy atom. The van der Waals surface area contributed by atoms with Gasteiger partial charge in [0.1, 0.15) is 0 Å². The molecule has 0 unspecified atom stereocenters. The van der Waals surface area contributed by atoms with Gasteiger partial charge in [-0.25, -0.2) is 4.79 Å². The number of nitrogen functional groups attached to an aromatic ring is 1. The molecule has 0 bridgehead atoms. The number of likely N-dealkylation sites (N-methyl/N-ethyl adjacent to an activating group) is 1.